The van der Waals surface area contributed by atoms with Crippen LogP contribution in [0.2, 0.25) is 0 Å². The van der Waals surface area contributed by atoms with Gasteiger partial charge in [0, 0.05) is 24.6 Å². The van der Waals surface area contributed by atoms with Crippen molar-refractivity contribution in [2.24, 2.45) is 0 Å². The van der Waals surface area contributed by atoms with Gasteiger partial charge in [-0.05, 0) is 24.3 Å². The highest BCUT2D eigenvalue weighted by Crippen LogP contribution is 2.28. The van der Waals surface area contributed by atoms with E-state index >= 15 is 0 Å². The maximum atomic E-state index is 11.7. The van der Waals surface area contributed by atoms with Gasteiger partial charge in [0.2, 0.25) is 5.88 Å². The molecule has 6 nitrogen and oxygen atoms in total. The van der Waals surface area contributed by atoms with Crippen molar-refractivity contribution in [1.29, 1.82) is 0 Å². The number of nitrogens with two attached hydrogens (primary N) is 1. The second-order valence-electron chi connectivity index (χ2n) is 4.24. The van der Waals surface area contributed by atoms with E-state index in [-0.39, 0.29) is 17.5 Å². The third-order valence-corrected chi connectivity index (χ3v) is 2.94. The van der Waals surface area contributed by atoms with Gasteiger partial charge in [0.25, 0.3) is 5.91 Å². The molecule has 0 aliphatic rings. The van der Waals surface area contributed by atoms with Gasteiger partial charge in [-0.2, -0.15) is 0 Å². The number of carbonyl (C=O) groups is 1. The number of ether oxygens (including phenoxy) is 1. The standard InChI is InChI=1S/C13H13BrN4O2/c1-18(2)13(19)10-4-6-12(17-16-10)20-11-5-3-8(14)7-9(11)15/h3-7H,15H2,1-2H3. The van der Waals surface area contributed by atoms with Crippen molar-refractivity contribution in [2.75, 3.05) is 19.8 Å². The number of nitrogens with zero attached hydrogens (tertiary/aromatic N) is 3. The number of hydrogen-bond acceptors (Lipinski definition) is 5. The van der Waals surface area contributed by atoms with Crippen LogP contribution >= 0.6 is 15.9 Å². The van der Waals surface area contributed by atoms with E-state index in [4.69, 9.17) is 10.5 Å². The molecule has 0 saturated heterocycles. The van der Waals surface area contributed by atoms with Crippen LogP contribution in [0.3, 0.4) is 0 Å². The molecule has 1 amide bonds. The van der Waals surface area contributed by atoms with Gasteiger partial charge in [-0.25, -0.2) is 0 Å². The number of rotatable bonds is 3. The molecule has 1 heterocycles. The lowest BCUT2D eigenvalue weighted by Gasteiger charge is -2.10. The Morgan fingerprint density at radius 1 is 1.25 bits per heavy atom. The van der Waals surface area contributed by atoms with Gasteiger partial charge in [-0.1, -0.05) is 15.9 Å². The molecule has 0 spiro atoms. The molecule has 2 aromatic rings. The van der Waals surface area contributed by atoms with Crippen molar-refractivity contribution < 1.29 is 9.53 Å². The number of halogens is 1. The molecule has 0 unspecified atom stereocenters. The zero-order chi connectivity index (χ0) is 14.7. The summed E-state index contributed by atoms with van der Waals surface area (Å²) in [6.07, 6.45) is 0. The van der Waals surface area contributed by atoms with Crippen LogP contribution in [0.5, 0.6) is 11.6 Å². The summed E-state index contributed by atoms with van der Waals surface area (Å²) in [7, 11) is 3.30. The first-order valence-corrected chi connectivity index (χ1v) is 6.55. The van der Waals surface area contributed by atoms with E-state index in [0.29, 0.717) is 11.4 Å². The molecular weight excluding hydrogens is 324 g/mol. The van der Waals surface area contributed by atoms with Gasteiger partial charge in [0.1, 0.15) is 0 Å². The van der Waals surface area contributed by atoms with E-state index in [1.807, 2.05) is 6.07 Å². The van der Waals surface area contributed by atoms with E-state index in [1.165, 1.54) is 4.90 Å². The van der Waals surface area contributed by atoms with Crippen LogP contribution in [-0.2, 0) is 0 Å². The molecular formula is C13H13BrN4O2. The average molecular weight is 337 g/mol. The lowest BCUT2D eigenvalue weighted by atomic mass is 10.3. The van der Waals surface area contributed by atoms with Crippen LogP contribution in [0.4, 0.5) is 5.69 Å². The molecule has 0 bridgehead atoms. The third-order valence-electron chi connectivity index (χ3n) is 2.45. The molecule has 2 N–H and O–H groups in total. The molecule has 0 saturated carbocycles. The summed E-state index contributed by atoms with van der Waals surface area (Å²) in [5, 5.41) is 7.68. The number of nitrogen functional groups attached to an aromatic ring is 1. The fraction of sp³-hybridized carbons (Fsp3) is 0.154. The Morgan fingerprint density at radius 2 is 2.00 bits per heavy atom. The van der Waals surface area contributed by atoms with Crippen LogP contribution in [0.25, 0.3) is 0 Å². The highest BCUT2D eigenvalue weighted by atomic mass is 79.9. The van der Waals surface area contributed by atoms with E-state index < -0.39 is 0 Å². The monoisotopic (exact) mass is 336 g/mol. The molecule has 1 aromatic heterocycles. The number of benzene rings is 1. The second kappa shape index (κ2) is 5.87. The highest BCUT2D eigenvalue weighted by Gasteiger charge is 2.11. The predicted molar refractivity (Wildman–Crippen MR) is 78.7 cm³/mol. The Bertz CT molecular complexity index is 629. The zero-order valence-corrected chi connectivity index (χ0v) is 12.6. The smallest absolute Gasteiger partial charge is 0.273 e. The van der Waals surface area contributed by atoms with Crippen molar-refractivity contribution in [3.05, 3.63) is 40.5 Å². The van der Waals surface area contributed by atoms with Gasteiger partial charge < -0.3 is 15.4 Å². The minimum Gasteiger partial charge on any atom is -0.435 e. The van der Waals surface area contributed by atoms with E-state index in [0.717, 1.165) is 4.47 Å². The average Bonchev–Trinajstić information content (AvgIpc) is 2.42. The molecule has 7 heteroatoms. The first-order valence-electron chi connectivity index (χ1n) is 5.75. The van der Waals surface area contributed by atoms with E-state index in [2.05, 4.69) is 26.1 Å². The first kappa shape index (κ1) is 14.3. The van der Waals surface area contributed by atoms with E-state index in [9.17, 15) is 4.79 Å². The number of carbonyl (C=O) groups excluding carboxylic acids is 1. The molecule has 2 rings (SSSR count). The highest BCUT2D eigenvalue weighted by molar-refractivity contribution is 9.10. The number of aromatic nitrogens is 2. The topological polar surface area (TPSA) is 81.3 Å². The van der Waals surface area contributed by atoms with Gasteiger partial charge in [0.15, 0.2) is 11.4 Å². The normalized spacial score (nSPS) is 10.2. The SMILES string of the molecule is CN(C)C(=O)c1ccc(Oc2ccc(Br)cc2N)nn1. The largest absolute Gasteiger partial charge is 0.435 e. The molecule has 0 fully saturated rings. The Balaban J connectivity index is 2.17. The fourth-order valence-corrected chi connectivity index (χ4v) is 1.82. The first-order chi connectivity index (χ1) is 9.47. The van der Waals surface area contributed by atoms with Crippen molar-refractivity contribution in [2.45, 2.75) is 0 Å². The maximum absolute atomic E-state index is 11.7. The summed E-state index contributed by atoms with van der Waals surface area (Å²) in [6.45, 7) is 0. The lowest BCUT2D eigenvalue weighted by Crippen LogP contribution is -2.23. The predicted octanol–water partition coefficient (Wildman–Crippen LogP) is 2.32. The third kappa shape index (κ3) is 3.24. The van der Waals surface area contributed by atoms with Gasteiger partial charge >= 0.3 is 0 Å². The Kier molecular flexibility index (Phi) is 4.19. The second-order valence-corrected chi connectivity index (χ2v) is 5.16. The lowest BCUT2D eigenvalue weighted by molar-refractivity contribution is 0.0820. The van der Waals surface area contributed by atoms with Crippen molar-refractivity contribution in [1.82, 2.24) is 15.1 Å². The summed E-state index contributed by atoms with van der Waals surface area (Å²) in [5.74, 6) is 0.538. The summed E-state index contributed by atoms with van der Waals surface area (Å²) >= 11 is 3.32. The van der Waals surface area contributed by atoms with Gasteiger partial charge in [-0.15, -0.1) is 10.2 Å². The summed E-state index contributed by atoms with van der Waals surface area (Å²) in [6, 6.07) is 8.39. The van der Waals surface area contributed by atoms with Crippen molar-refractivity contribution in [3.8, 4) is 11.6 Å². The minimum absolute atomic E-state index is 0.216. The van der Waals surface area contributed by atoms with Crippen molar-refractivity contribution >= 4 is 27.5 Å². The molecule has 0 aliphatic heterocycles. The molecule has 20 heavy (non-hydrogen) atoms. The van der Waals surface area contributed by atoms with Crippen molar-refractivity contribution in [3.63, 3.8) is 0 Å². The number of amides is 1. The maximum Gasteiger partial charge on any atom is 0.273 e. The van der Waals surface area contributed by atoms with Crippen LogP contribution in [-0.4, -0.2) is 35.1 Å². The Hall–Kier alpha value is -2.15. The summed E-state index contributed by atoms with van der Waals surface area (Å²) < 4.78 is 6.38. The number of hydrogen-bond donors (Lipinski definition) is 1. The Morgan fingerprint density at radius 3 is 2.55 bits per heavy atom. The molecule has 104 valence electrons. The number of anilines is 1. The van der Waals surface area contributed by atoms with Crippen LogP contribution < -0.4 is 10.5 Å². The Labute approximate surface area is 124 Å². The molecule has 1 aromatic carbocycles. The minimum atomic E-state index is -0.216. The quantitative estimate of drug-likeness (QED) is 0.870. The van der Waals surface area contributed by atoms with Crippen LogP contribution in [0.1, 0.15) is 10.5 Å². The van der Waals surface area contributed by atoms with Gasteiger partial charge in [-0.3, -0.25) is 4.79 Å². The molecule has 0 aliphatic carbocycles. The summed E-state index contributed by atoms with van der Waals surface area (Å²) in [5.41, 5.74) is 6.56. The van der Waals surface area contributed by atoms with Gasteiger partial charge in [0.05, 0.1) is 5.69 Å². The van der Waals surface area contributed by atoms with E-state index in [1.54, 1.807) is 38.4 Å². The fourth-order valence-electron chi connectivity index (χ4n) is 1.44. The van der Waals surface area contributed by atoms with Crippen LogP contribution in [0.15, 0.2) is 34.8 Å². The molecule has 0 atom stereocenters. The van der Waals surface area contributed by atoms with Crippen LogP contribution in [0, 0.1) is 0 Å². The molecule has 0 radical (unpaired) electrons. The summed E-state index contributed by atoms with van der Waals surface area (Å²) in [4.78, 5) is 13.1. The zero-order valence-electron chi connectivity index (χ0n) is 11.0.